The van der Waals surface area contributed by atoms with Gasteiger partial charge in [-0.1, -0.05) is 35.9 Å². The Labute approximate surface area is 222 Å². The van der Waals surface area contributed by atoms with E-state index in [1.54, 1.807) is 37.3 Å². The minimum atomic E-state index is -3.88. The molecule has 10 heteroatoms. The summed E-state index contributed by atoms with van der Waals surface area (Å²) in [5.41, 5.74) is 1.53. The average Bonchev–Trinajstić information content (AvgIpc) is 2.84. The fourth-order valence-electron chi connectivity index (χ4n) is 3.51. The predicted molar refractivity (Wildman–Crippen MR) is 141 cm³/mol. The van der Waals surface area contributed by atoms with Gasteiger partial charge in [0.05, 0.1) is 22.5 Å². The molecule has 0 aliphatic rings. The number of aliphatic hydroxyl groups is 1. The zero-order valence-corrected chi connectivity index (χ0v) is 22.1. The summed E-state index contributed by atoms with van der Waals surface area (Å²) in [5.74, 6) is -1.13. The molecule has 0 fully saturated rings. The number of aryl methyl sites for hydroxylation is 1. The fourth-order valence-corrected chi connectivity index (χ4v) is 5.00. The van der Waals surface area contributed by atoms with Crippen molar-refractivity contribution < 1.29 is 28.2 Å². The zero-order chi connectivity index (χ0) is 25.4. The van der Waals surface area contributed by atoms with Crippen molar-refractivity contribution in [1.82, 2.24) is 5.32 Å². The first kappa shape index (κ1) is 29.6. The van der Waals surface area contributed by atoms with Gasteiger partial charge in [0.2, 0.25) is 9.84 Å². The molecule has 0 bridgehead atoms. The van der Waals surface area contributed by atoms with Gasteiger partial charge in [-0.15, -0.1) is 12.4 Å². The number of hydrogen-bond acceptors (Lipinski definition) is 7. The largest absolute Gasteiger partial charge is 0.507 e. The molecule has 1 atom stereocenters. The number of nitrogens with one attached hydrogen (secondary N) is 1. The summed E-state index contributed by atoms with van der Waals surface area (Å²) in [6.07, 6.45) is 0.879. The summed E-state index contributed by atoms with van der Waals surface area (Å²) >= 11 is 5.95. The maximum Gasteiger partial charge on any atom is 0.341 e. The van der Waals surface area contributed by atoms with E-state index < -0.39 is 21.9 Å². The van der Waals surface area contributed by atoms with E-state index in [0.717, 1.165) is 30.0 Å². The summed E-state index contributed by atoms with van der Waals surface area (Å²) < 4.78 is 30.9. The number of esters is 1. The Morgan fingerprint density at radius 2 is 1.75 bits per heavy atom. The Balaban J connectivity index is 0.00000456. The lowest BCUT2D eigenvalue weighted by Gasteiger charge is -2.12. The van der Waals surface area contributed by atoms with Crippen molar-refractivity contribution in [2.45, 2.75) is 35.7 Å². The molecule has 3 aromatic rings. The Hall–Kier alpha value is -2.62. The fraction of sp³-hybridized carbons (Fsp3) is 0.269. The standard InChI is InChI=1S/C26H28ClNO6S.ClH/c1-2-34-26(31)23-16-22(12-13-24(23)29)35(32,33)21-10-8-18(9-11-21)5-4-14-28-17-25(30)19-6-3-7-20(27)15-19;/h3,6-13,15-16,25,28-30H,2,4-5,14,17H2,1H3;1H/t25-;/m0./s1. The number of hydrogen-bond donors (Lipinski definition) is 3. The van der Waals surface area contributed by atoms with Gasteiger partial charge >= 0.3 is 5.97 Å². The van der Waals surface area contributed by atoms with Crippen molar-refractivity contribution in [3.8, 4) is 5.75 Å². The van der Waals surface area contributed by atoms with E-state index in [2.05, 4.69) is 5.32 Å². The molecular weight excluding hydrogens is 525 g/mol. The average molecular weight is 554 g/mol. The van der Waals surface area contributed by atoms with Crippen LogP contribution in [0.1, 0.15) is 40.9 Å². The molecule has 0 aromatic heterocycles. The van der Waals surface area contributed by atoms with Gasteiger partial charge < -0.3 is 20.3 Å². The summed E-state index contributed by atoms with van der Waals surface area (Å²) in [7, 11) is -3.88. The normalized spacial score (nSPS) is 12.0. The molecule has 0 amide bonds. The van der Waals surface area contributed by atoms with Crippen molar-refractivity contribution in [2.75, 3.05) is 19.7 Å². The van der Waals surface area contributed by atoms with Crippen LogP contribution in [0, 0.1) is 0 Å². The number of sulfone groups is 1. The number of ether oxygens (including phenoxy) is 1. The molecule has 0 heterocycles. The van der Waals surface area contributed by atoms with Crippen molar-refractivity contribution in [3.63, 3.8) is 0 Å². The van der Waals surface area contributed by atoms with E-state index in [0.29, 0.717) is 18.1 Å². The van der Waals surface area contributed by atoms with Crippen LogP contribution in [0.15, 0.2) is 76.5 Å². The van der Waals surface area contributed by atoms with Gasteiger partial charge in [-0.25, -0.2) is 13.2 Å². The molecule has 0 aliphatic carbocycles. The van der Waals surface area contributed by atoms with Gasteiger partial charge in [-0.3, -0.25) is 0 Å². The van der Waals surface area contributed by atoms with Gasteiger partial charge in [0.25, 0.3) is 0 Å². The molecule has 0 spiro atoms. The predicted octanol–water partition coefficient (Wildman–Crippen LogP) is 4.73. The van der Waals surface area contributed by atoms with Gasteiger partial charge in [0.15, 0.2) is 0 Å². The lowest BCUT2D eigenvalue weighted by Crippen LogP contribution is -2.22. The molecule has 3 rings (SSSR count). The second-order valence-electron chi connectivity index (χ2n) is 7.93. The van der Waals surface area contributed by atoms with E-state index >= 15 is 0 Å². The third kappa shape index (κ3) is 7.69. The Kier molecular flexibility index (Phi) is 11.2. The molecule has 0 radical (unpaired) electrons. The third-order valence-corrected chi connectivity index (χ3v) is 7.40. The van der Waals surface area contributed by atoms with E-state index in [1.165, 1.54) is 24.3 Å². The molecule has 194 valence electrons. The molecule has 3 N–H and O–H groups in total. The van der Waals surface area contributed by atoms with Crippen LogP contribution in [-0.4, -0.2) is 44.3 Å². The first-order valence-electron chi connectivity index (χ1n) is 11.2. The lowest BCUT2D eigenvalue weighted by atomic mass is 10.1. The highest BCUT2D eigenvalue weighted by Crippen LogP contribution is 2.27. The maximum absolute atomic E-state index is 13.0. The Morgan fingerprint density at radius 1 is 1.06 bits per heavy atom. The first-order valence-corrected chi connectivity index (χ1v) is 13.1. The number of rotatable bonds is 11. The molecule has 7 nitrogen and oxygen atoms in total. The highest BCUT2D eigenvalue weighted by Gasteiger charge is 2.22. The number of aliphatic hydroxyl groups excluding tert-OH is 1. The van der Waals surface area contributed by atoms with Crippen LogP contribution in [0.25, 0.3) is 0 Å². The lowest BCUT2D eigenvalue weighted by molar-refractivity contribution is 0.0522. The number of phenols is 1. The monoisotopic (exact) mass is 553 g/mol. The molecular formula is C26H29Cl2NO6S. The zero-order valence-electron chi connectivity index (χ0n) is 19.7. The highest BCUT2D eigenvalue weighted by atomic mass is 35.5. The Morgan fingerprint density at radius 3 is 2.42 bits per heavy atom. The van der Waals surface area contributed by atoms with Gasteiger partial charge in [-0.2, -0.15) is 0 Å². The first-order chi connectivity index (χ1) is 16.7. The van der Waals surface area contributed by atoms with Crippen molar-refractivity contribution in [3.05, 3.63) is 88.4 Å². The van der Waals surface area contributed by atoms with Gasteiger partial charge in [-0.05, 0) is 79.9 Å². The number of benzene rings is 3. The van der Waals surface area contributed by atoms with E-state index in [4.69, 9.17) is 16.3 Å². The summed E-state index contributed by atoms with van der Waals surface area (Å²) in [4.78, 5) is 12.0. The number of carbonyl (C=O) groups excluding carboxylic acids is 1. The highest BCUT2D eigenvalue weighted by molar-refractivity contribution is 7.91. The van der Waals surface area contributed by atoms with Crippen LogP contribution in [0.2, 0.25) is 5.02 Å². The number of carbonyl (C=O) groups is 1. The van der Waals surface area contributed by atoms with E-state index in [9.17, 15) is 23.4 Å². The van der Waals surface area contributed by atoms with Gasteiger partial charge in [0, 0.05) is 11.6 Å². The van der Waals surface area contributed by atoms with Crippen LogP contribution in [0.5, 0.6) is 5.75 Å². The second kappa shape index (κ2) is 13.6. The topological polar surface area (TPSA) is 113 Å². The number of phenolic OH excluding ortho intramolecular Hbond substituents is 1. The smallest absolute Gasteiger partial charge is 0.341 e. The van der Waals surface area contributed by atoms with Gasteiger partial charge in [0.1, 0.15) is 11.3 Å². The van der Waals surface area contributed by atoms with Crippen molar-refractivity contribution in [2.24, 2.45) is 0 Å². The molecule has 0 unspecified atom stereocenters. The summed E-state index contributed by atoms with van der Waals surface area (Å²) in [6.45, 7) is 2.81. The van der Waals surface area contributed by atoms with Crippen molar-refractivity contribution >= 4 is 39.8 Å². The van der Waals surface area contributed by atoms with E-state index in [1.807, 2.05) is 6.07 Å². The van der Waals surface area contributed by atoms with E-state index in [-0.39, 0.29) is 40.1 Å². The third-order valence-electron chi connectivity index (χ3n) is 5.40. The quantitative estimate of drug-likeness (QED) is 0.232. The van der Waals surface area contributed by atoms with Crippen LogP contribution < -0.4 is 5.32 Å². The SMILES string of the molecule is CCOC(=O)c1cc(S(=O)(=O)c2ccc(CCCNC[C@H](O)c3cccc(Cl)c3)cc2)ccc1O.Cl. The summed E-state index contributed by atoms with van der Waals surface area (Å²) in [5, 5.41) is 23.9. The second-order valence-corrected chi connectivity index (χ2v) is 10.3. The van der Waals surface area contributed by atoms with Crippen LogP contribution in [-0.2, 0) is 21.0 Å². The molecule has 0 saturated carbocycles. The van der Waals surface area contributed by atoms with Crippen LogP contribution >= 0.6 is 24.0 Å². The number of halogens is 2. The Bertz CT molecular complexity index is 1270. The molecule has 0 saturated heterocycles. The maximum atomic E-state index is 13.0. The molecule has 3 aromatic carbocycles. The minimum Gasteiger partial charge on any atom is -0.507 e. The van der Waals surface area contributed by atoms with Crippen LogP contribution in [0.3, 0.4) is 0 Å². The summed E-state index contributed by atoms with van der Waals surface area (Å²) in [6, 6.07) is 17.2. The van der Waals surface area contributed by atoms with Crippen molar-refractivity contribution in [1.29, 1.82) is 0 Å². The molecule has 0 aliphatic heterocycles. The van der Waals surface area contributed by atoms with Crippen LogP contribution in [0.4, 0.5) is 0 Å². The number of aromatic hydroxyl groups is 1. The minimum absolute atomic E-state index is 0. The molecule has 36 heavy (non-hydrogen) atoms.